The standard InChI is InChI=1S/C17H21NO3/c1-18-6-5-10-7-12(19)8-14-15(10)16-11(9-18)3-4-13(20-2)17(16)21-14/h3-4,7,12,14-15,19H,5-6,8-9H2,1-2H3/t12-,14-,15+/m1/s1. The van der Waals surface area contributed by atoms with Crippen molar-refractivity contribution in [2.24, 2.45) is 0 Å². The molecule has 0 aromatic heterocycles. The topological polar surface area (TPSA) is 41.9 Å². The van der Waals surface area contributed by atoms with Crippen LogP contribution in [0.2, 0.25) is 0 Å². The molecule has 0 saturated carbocycles. The first-order chi connectivity index (χ1) is 10.2. The molecule has 0 fully saturated rings. The highest BCUT2D eigenvalue weighted by atomic mass is 16.5. The SMILES string of the molecule is COc1ccc2c3c1O[C@@H]1C[C@H](O)C=C(CCN(C)C2)[C@H]31. The minimum absolute atomic E-state index is 0.0495. The molecule has 1 N–H and O–H groups in total. The van der Waals surface area contributed by atoms with Crippen LogP contribution in [0.5, 0.6) is 11.5 Å². The Kier molecular flexibility index (Phi) is 2.98. The summed E-state index contributed by atoms with van der Waals surface area (Å²) >= 11 is 0. The Morgan fingerprint density at radius 2 is 2.24 bits per heavy atom. The molecule has 0 spiro atoms. The summed E-state index contributed by atoms with van der Waals surface area (Å²) in [6.45, 7) is 1.96. The van der Waals surface area contributed by atoms with Crippen molar-refractivity contribution in [1.82, 2.24) is 4.90 Å². The van der Waals surface area contributed by atoms with Gasteiger partial charge in [-0.05, 0) is 25.1 Å². The predicted octanol–water partition coefficient (Wildman–Crippen LogP) is 2.07. The fourth-order valence-corrected chi connectivity index (χ4v) is 3.98. The van der Waals surface area contributed by atoms with Gasteiger partial charge in [-0.1, -0.05) is 17.7 Å². The Morgan fingerprint density at radius 1 is 1.38 bits per heavy atom. The monoisotopic (exact) mass is 287 g/mol. The molecule has 0 amide bonds. The summed E-state index contributed by atoms with van der Waals surface area (Å²) in [6, 6.07) is 4.16. The van der Waals surface area contributed by atoms with Crippen molar-refractivity contribution in [2.75, 3.05) is 20.7 Å². The lowest BCUT2D eigenvalue weighted by Crippen LogP contribution is -2.33. The number of hydrogen-bond donors (Lipinski definition) is 1. The van der Waals surface area contributed by atoms with Crippen molar-refractivity contribution < 1.29 is 14.6 Å². The van der Waals surface area contributed by atoms with E-state index in [9.17, 15) is 5.11 Å². The first-order valence-corrected chi connectivity index (χ1v) is 7.61. The second-order valence-corrected chi connectivity index (χ2v) is 6.34. The fraction of sp³-hybridized carbons (Fsp3) is 0.529. The Morgan fingerprint density at radius 3 is 3.05 bits per heavy atom. The number of hydrogen-bond acceptors (Lipinski definition) is 4. The minimum Gasteiger partial charge on any atom is -0.493 e. The van der Waals surface area contributed by atoms with Crippen LogP contribution in [0.3, 0.4) is 0 Å². The number of rotatable bonds is 1. The van der Waals surface area contributed by atoms with Gasteiger partial charge in [0.2, 0.25) is 0 Å². The Bertz CT molecular complexity index is 610. The third-order valence-electron chi connectivity index (χ3n) is 4.92. The summed E-state index contributed by atoms with van der Waals surface area (Å²) in [4.78, 5) is 2.33. The van der Waals surface area contributed by atoms with Gasteiger partial charge in [0.25, 0.3) is 0 Å². The average Bonchev–Trinajstić information content (AvgIpc) is 2.82. The van der Waals surface area contributed by atoms with E-state index < -0.39 is 6.10 Å². The number of aliphatic hydroxyl groups is 1. The predicted molar refractivity (Wildman–Crippen MR) is 79.8 cm³/mol. The van der Waals surface area contributed by atoms with E-state index in [1.165, 1.54) is 16.7 Å². The van der Waals surface area contributed by atoms with Crippen LogP contribution < -0.4 is 9.47 Å². The molecule has 4 rings (SSSR count). The van der Waals surface area contributed by atoms with Crippen LogP contribution in [0.4, 0.5) is 0 Å². The van der Waals surface area contributed by atoms with Gasteiger partial charge in [0, 0.05) is 31.0 Å². The largest absolute Gasteiger partial charge is 0.493 e. The number of aliphatic hydroxyl groups excluding tert-OH is 1. The number of benzene rings is 1. The summed E-state index contributed by atoms with van der Waals surface area (Å²) in [5, 5.41) is 10.1. The summed E-state index contributed by atoms with van der Waals surface area (Å²) in [5.41, 5.74) is 3.92. The molecule has 21 heavy (non-hydrogen) atoms. The third-order valence-corrected chi connectivity index (χ3v) is 4.92. The van der Waals surface area contributed by atoms with E-state index in [1.807, 2.05) is 12.1 Å². The van der Waals surface area contributed by atoms with Crippen molar-refractivity contribution in [3.8, 4) is 11.5 Å². The van der Waals surface area contributed by atoms with Crippen LogP contribution in [-0.2, 0) is 6.54 Å². The highest BCUT2D eigenvalue weighted by Crippen LogP contribution is 2.53. The Hall–Kier alpha value is -1.52. The lowest BCUT2D eigenvalue weighted by molar-refractivity contribution is 0.111. The highest BCUT2D eigenvalue weighted by Gasteiger charge is 2.44. The summed E-state index contributed by atoms with van der Waals surface area (Å²) < 4.78 is 11.7. The lowest BCUT2D eigenvalue weighted by Gasteiger charge is -2.32. The molecular formula is C17H21NO3. The molecule has 0 bridgehead atoms. The zero-order chi connectivity index (χ0) is 14.6. The van der Waals surface area contributed by atoms with E-state index in [2.05, 4.69) is 18.0 Å². The first kappa shape index (κ1) is 13.2. The normalized spacial score (nSPS) is 30.8. The molecule has 2 aliphatic heterocycles. The zero-order valence-electron chi connectivity index (χ0n) is 12.5. The molecule has 3 aliphatic rings. The highest BCUT2D eigenvalue weighted by molar-refractivity contribution is 5.59. The summed E-state index contributed by atoms with van der Waals surface area (Å²) in [6.07, 6.45) is 3.36. The quantitative estimate of drug-likeness (QED) is 0.803. The summed E-state index contributed by atoms with van der Waals surface area (Å²) in [7, 11) is 3.83. The number of methoxy groups -OCH3 is 1. The van der Waals surface area contributed by atoms with Crippen LogP contribution in [-0.4, -0.2) is 42.9 Å². The van der Waals surface area contributed by atoms with Gasteiger partial charge in [0.05, 0.1) is 13.2 Å². The molecule has 1 aromatic carbocycles. The van der Waals surface area contributed by atoms with Crippen LogP contribution in [0.25, 0.3) is 0 Å². The first-order valence-electron chi connectivity index (χ1n) is 7.61. The molecule has 112 valence electrons. The number of ether oxygens (including phenoxy) is 2. The maximum Gasteiger partial charge on any atom is 0.165 e. The molecule has 2 heterocycles. The van der Waals surface area contributed by atoms with Crippen molar-refractivity contribution >= 4 is 0 Å². The lowest BCUT2D eigenvalue weighted by atomic mass is 9.77. The van der Waals surface area contributed by atoms with Crippen LogP contribution in [0.15, 0.2) is 23.8 Å². The van der Waals surface area contributed by atoms with Crippen molar-refractivity contribution in [1.29, 1.82) is 0 Å². The van der Waals surface area contributed by atoms with Gasteiger partial charge in [0.1, 0.15) is 6.10 Å². The molecule has 1 aliphatic carbocycles. The summed E-state index contributed by atoms with van der Waals surface area (Å²) in [5.74, 6) is 1.99. The maximum absolute atomic E-state index is 10.1. The van der Waals surface area contributed by atoms with E-state index in [4.69, 9.17) is 9.47 Å². The van der Waals surface area contributed by atoms with Gasteiger partial charge in [-0.15, -0.1) is 0 Å². The van der Waals surface area contributed by atoms with Crippen molar-refractivity contribution in [3.05, 3.63) is 34.9 Å². The smallest absolute Gasteiger partial charge is 0.165 e. The fourth-order valence-electron chi connectivity index (χ4n) is 3.98. The second kappa shape index (κ2) is 4.75. The third kappa shape index (κ3) is 1.97. The molecule has 0 radical (unpaired) electrons. The van der Waals surface area contributed by atoms with Gasteiger partial charge < -0.3 is 19.5 Å². The van der Waals surface area contributed by atoms with E-state index in [1.54, 1.807) is 7.11 Å². The van der Waals surface area contributed by atoms with E-state index in [0.29, 0.717) is 12.3 Å². The van der Waals surface area contributed by atoms with E-state index in [-0.39, 0.29) is 6.10 Å². The zero-order valence-corrected chi connectivity index (χ0v) is 12.5. The van der Waals surface area contributed by atoms with Gasteiger partial charge in [0.15, 0.2) is 11.5 Å². The Labute approximate surface area is 125 Å². The van der Waals surface area contributed by atoms with Crippen molar-refractivity contribution in [3.63, 3.8) is 0 Å². The van der Waals surface area contributed by atoms with Crippen LogP contribution in [0.1, 0.15) is 29.9 Å². The van der Waals surface area contributed by atoms with Crippen molar-refractivity contribution in [2.45, 2.75) is 37.5 Å². The van der Waals surface area contributed by atoms with Gasteiger partial charge >= 0.3 is 0 Å². The molecule has 0 saturated heterocycles. The van der Waals surface area contributed by atoms with E-state index >= 15 is 0 Å². The van der Waals surface area contributed by atoms with Gasteiger partial charge in [-0.2, -0.15) is 0 Å². The molecule has 3 atom stereocenters. The maximum atomic E-state index is 10.1. The van der Waals surface area contributed by atoms with Crippen LogP contribution >= 0.6 is 0 Å². The van der Waals surface area contributed by atoms with Gasteiger partial charge in [-0.25, -0.2) is 0 Å². The Balaban J connectivity index is 1.91. The minimum atomic E-state index is -0.394. The molecule has 1 aromatic rings. The number of nitrogens with zero attached hydrogens (tertiary/aromatic N) is 1. The molecular weight excluding hydrogens is 266 g/mol. The average molecular weight is 287 g/mol. The molecule has 0 unspecified atom stereocenters. The van der Waals surface area contributed by atoms with E-state index in [0.717, 1.165) is 31.0 Å². The van der Waals surface area contributed by atoms with Gasteiger partial charge in [-0.3, -0.25) is 0 Å². The molecule has 4 heteroatoms. The second-order valence-electron chi connectivity index (χ2n) is 6.34. The molecule has 4 nitrogen and oxygen atoms in total. The van der Waals surface area contributed by atoms with Crippen LogP contribution in [0, 0.1) is 0 Å².